The van der Waals surface area contributed by atoms with Crippen LogP contribution in [0.25, 0.3) is 0 Å². The van der Waals surface area contributed by atoms with Gasteiger partial charge in [0.25, 0.3) is 5.91 Å². The highest BCUT2D eigenvalue weighted by Crippen LogP contribution is 2.18. The average molecular weight is 297 g/mol. The van der Waals surface area contributed by atoms with Crippen LogP contribution < -0.4 is 5.32 Å². The lowest BCUT2D eigenvalue weighted by molar-refractivity contribution is 0.0923. The first kappa shape index (κ1) is 14.5. The van der Waals surface area contributed by atoms with Gasteiger partial charge in [0.1, 0.15) is 17.8 Å². The number of aryl methyl sites for hydroxylation is 2. The Bertz CT molecular complexity index is 585. The second kappa shape index (κ2) is 6.04. The number of amides is 1. The summed E-state index contributed by atoms with van der Waals surface area (Å²) in [6.45, 7) is 4.66. The van der Waals surface area contributed by atoms with E-state index in [1.165, 1.54) is 17.2 Å². The Kier molecular flexibility index (Phi) is 4.39. The van der Waals surface area contributed by atoms with Gasteiger partial charge in [-0.25, -0.2) is 9.67 Å². The predicted octanol–water partition coefficient (Wildman–Crippen LogP) is 1.57. The standard InChI is InChI=1S/C12H17ClN6O/c1-4-9(11-14-7-16-19(11)5-2)17-12(20)10-8(13)6-15-18(10)3/h6-7,9H,4-5H2,1-3H3,(H,17,20). The normalized spacial score (nSPS) is 12.4. The Hall–Kier alpha value is -1.89. The van der Waals surface area contributed by atoms with E-state index >= 15 is 0 Å². The van der Waals surface area contributed by atoms with Crippen molar-refractivity contribution in [2.75, 3.05) is 0 Å². The van der Waals surface area contributed by atoms with Crippen molar-refractivity contribution in [3.63, 3.8) is 0 Å². The van der Waals surface area contributed by atoms with Crippen molar-refractivity contribution in [1.29, 1.82) is 0 Å². The first-order valence-corrected chi connectivity index (χ1v) is 6.82. The van der Waals surface area contributed by atoms with Crippen LogP contribution in [0.3, 0.4) is 0 Å². The van der Waals surface area contributed by atoms with Gasteiger partial charge in [-0.05, 0) is 13.3 Å². The van der Waals surface area contributed by atoms with Crippen molar-refractivity contribution in [2.45, 2.75) is 32.9 Å². The maximum absolute atomic E-state index is 12.3. The molecule has 2 heterocycles. The quantitative estimate of drug-likeness (QED) is 0.908. The number of carbonyl (C=O) groups is 1. The number of hydrogen-bond acceptors (Lipinski definition) is 4. The Balaban J connectivity index is 2.21. The SMILES string of the molecule is CCC(NC(=O)c1c(Cl)cnn1C)c1ncnn1CC. The molecule has 1 amide bonds. The number of nitrogens with one attached hydrogen (secondary N) is 1. The monoisotopic (exact) mass is 296 g/mol. The minimum absolute atomic E-state index is 0.212. The first-order valence-electron chi connectivity index (χ1n) is 6.44. The topological polar surface area (TPSA) is 77.6 Å². The van der Waals surface area contributed by atoms with Crippen LogP contribution in [0.15, 0.2) is 12.5 Å². The third kappa shape index (κ3) is 2.67. The molecule has 0 aliphatic carbocycles. The van der Waals surface area contributed by atoms with Crippen LogP contribution in [0, 0.1) is 0 Å². The van der Waals surface area contributed by atoms with Crippen molar-refractivity contribution >= 4 is 17.5 Å². The fraction of sp³-hybridized carbons (Fsp3) is 0.500. The van der Waals surface area contributed by atoms with E-state index in [0.29, 0.717) is 23.7 Å². The first-order chi connectivity index (χ1) is 9.58. The van der Waals surface area contributed by atoms with E-state index in [1.807, 2.05) is 13.8 Å². The molecule has 1 N–H and O–H groups in total. The number of carbonyl (C=O) groups excluding carboxylic acids is 1. The van der Waals surface area contributed by atoms with Crippen molar-refractivity contribution in [1.82, 2.24) is 29.9 Å². The lowest BCUT2D eigenvalue weighted by Gasteiger charge is -2.17. The molecule has 0 fully saturated rings. The summed E-state index contributed by atoms with van der Waals surface area (Å²) in [7, 11) is 1.68. The van der Waals surface area contributed by atoms with Crippen molar-refractivity contribution in [2.24, 2.45) is 7.05 Å². The molecule has 0 saturated heterocycles. The molecule has 0 saturated carbocycles. The van der Waals surface area contributed by atoms with E-state index in [2.05, 4.69) is 20.5 Å². The predicted molar refractivity (Wildman–Crippen MR) is 74.4 cm³/mol. The fourth-order valence-corrected chi connectivity index (χ4v) is 2.28. The molecule has 108 valence electrons. The van der Waals surface area contributed by atoms with Crippen LogP contribution >= 0.6 is 11.6 Å². The zero-order valence-electron chi connectivity index (χ0n) is 11.7. The molecule has 20 heavy (non-hydrogen) atoms. The molecular weight excluding hydrogens is 280 g/mol. The van der Waals surface area contributed by atoms with Crippen LogP contribution in [0.5, 0.6) is 0 Å². The van der Waals surface area contributed by atoms with Gasteiger partial charge in [0.05, 0.1) is 17.3 Å². The van der Waals surface area contributed by atoms with Gasteiger partial charge >= 0.3 is 0 Å². The molecule has 1 atom stereocenters. The van der Waals surface area contributed by atoms with E-state index in [9.17, 15) is 4.79 Å². The summed E-state index contributed by atoms with van der Waals surface area (Å²) >= 11 is 5.97. The number of hydrogen-bond donors (Lipinski definition) is 1. The molecular formula is C12H17ClN6O. The van der Waals surface area contributed by atoms with E-state index in [4.69, 9.17) is 11.6 Å². The van der Waals surface area contributed by atoms with Crippen LogP contribution in [-0.2, 0) is 13.6 Å². The van der Waals surface area contributed by atoms with Crippen LogP contribution in [0.4, 0.5) is 0 Å². The maximum Gasteiger partial charge on any atom is 0.271 e. The molecule has 0 aliphatic rings. The third-order valence-corrected chi connectivity index (χ3v) is 3.36. The highest BCUT2D eigenvalue weighted by Gasteiger charge is 2.22. The zero-order chi connectivity index (χ0) is 14.7. The maximum atomic E-state index is 12.3. The Morgan fingerprint density at radius 3 is 2.75 bits per heavy atom. The molecule has 8 heteroatoms. The Morgan fingerprint density at radius 2 is 2.20 bits per heavy atom. The van der Waals surface area contributed by atoms with Crippen LogP contribution in [-0.4, -0.2) is 30.5 Å². The summed E-state index contributed by atoms with van der Waals surface area (Å²) in [5.74, 6) is 0.467. The average Bonchev–Trinajstić information content (AvgIpc) is 3.02. The van der Waals surface area contributed by atoms with Gasteiger partial charge in [-0.1, -0.05) is 18.5 Å². The molecule has 0 aliphatic heterocycles. The molecule has 0 bridgehead atoms. The van der Waals surface area contributed by atoms with E-state index in [0.717, 1.165) is 5.82 Å². The van der Waals surface area contributed by atoms with Gasteiger partial charge in [-0.3, -0.25) is 9.48 Å². The summed E-state index contributed by atoms with van der Waals surface area (Å²) in [5, 5.41) is 11.3. The minimum atomic E-state index is -0.271. The van der Waals surface area contributed by atoms with E-state index in [-0.39, 0.29) is 11.9 Å². The number of halogens is 1. The summed E-state index contributed by atoms with van der Waals surface area (Å²) in [6, 6.07) is -0.212. The lowest BCUT2D eigenvalue weighted by atomic mass is 10.2. The molecule has 0 spiro atoms. The highest BCUT2D eigenvalue weighted by atomic mass is 35.5. The summed E-state index contributed by atoms with van der Waals surface area (Å²) in [6.07, 6.45) is 3.65. The highest BCUT2D eigenvalue weighted by molar-refractivity contribution is 6.33. The van der Waals surface area contributed by atoms with Crippen molar-refractivity contribution in [3.05, 3.63) is 29.1 Å². The van der Waals surface area contributed by atoms with Crippen LogP contribution in [0.1, 0.15) is 42.6 Å². The van der Waals surface area contributed by atoms with E-state index < -0.39 is 0 Å². The van der Waals surface area contributed by atoms with Gasteiger partial charge in [-0.15, -0.1) is 0 Å². The Morgan fingerprint density at radius 1 is 1.45 bits per heavy atom. The zero-order valence-corrected chi connectivity index (χ0v) is 12.4. The number of aromatic nitrogens is 5. The van der Waals surface area contributed by atoms with E-state index in [1.54, 1.807) is 11.7 Å². The smallest absolute Gasteiger partial charge is 0.271 e. The van der Waals surface area contributed by atoms with Gasteiger partial charge in [0, 0.05) is 13.6 Å². The summed E-state index contributed by atoms with van der Waals surface area (Å²) in [5.41, 5.74) is 0.340. The Labute approximate surface area is 121 Å². The van der Waals surface area contributed by atoms with Crippen molar-refractivity contribution in [3.8, 4) is 0 Å². The van der Waals surface area contributed by atoms with Gasteiger partial charge in [0.15, 0.2) is 0 Å². The molecule has 2 rings (SSSR count). The second-order valence-corrected chi connectivity index (χ2v) is 4.74. The molecule has 0 aromatic carbocycles. The summed E-state index contributed by atoms with van der Waals surface area (Å²) in [4.78, 5) is 16.5. The summed E-state index contributed by atoms with van der Waals surface area (Å²) < 4.78 is 3.22. The van der Waals surface area contributed by atoms with Crippen molar-refractivity contribution < 1.29 is 4.79 Å². The lowest BCUT2D eigenvalue weighted by Crippen LogP contribution is -2.31. The molecule has 2 aromatic rings. The minimum Gasteiger partial charge on any atom is -0.341 e. The number of rotatable bonds is 5. The molecule has 7 nitrogen and oxygen atoms in total. The molecule has 1 unspecified atom stereocenters. The molecule has 2 aromatic heterocycles. The van der Waals surface area contributed by atoms with Gasteiger partial charge in [-0.2, -0.15) is 10.2 Å². The fourth-order valence-electron chi connectivity index (χ4n) is 2.03. The molecule has 0 radical (unpaired) electrons. The largest absolute Gasteiger partial charge is 0.341 e. The van der Waals surface area contributed by atoms with Crippen LogP contribution in [0.2, 0.25) is 5.02 Å². The van der Waals surface area contributed by atoms with Gasteiger partial charge < -0.3 is 5.32 Å². The number of nitrogens with zero attached hydrogens (tertiary/aromatic N) is 5. The second-order valence-electron chi connectivity index (χ2n) is 4.33. The third-order valence-electron chi connectivity index (χ3n) is 3.08. The van der Waals surface area contributed by atoms with Gasteiger partial charge in [0.2, 0.25) is 0 Å².